The SMILES string of the molecule is CC1CC(NC2CCCCC2)CN(CC2CCC2)C1. The third-order valence-corrected chi connectivity index (χ3v) is 5.55. The van der Waals surface area contributed by atoms with E-state index in [1.54, 1.807) is 0 Å². The number of nitrogens with zero attached hydrogens (tertiary/aromatic N) is 1. The maximum Gasteiger partial charge on any atom is 0.0200 e. The minimum atomic E-state index is 0.770. The molecule has 0 aromatic rings. The molecule has 2 unspecified atom stereocenters. The second-order valence-electron chi connectivity index (χ2n) is 7.55. The lowest BCUT2D eigenvalue weighted by molar-refractivity contribution is 0.101. The molecule has 0 aromatic carbocycles. The molecule has 110 valence electrons. The number of rotatable bonds is 4. The third-order valence-electron chi connectivity index (χ3n) is 5.55. The van der Waals surface area contributed by atoms with Crippen molar-refractivity contribution in [3.8, 4) is 0 Å². The summed E-state index contributed by atoms with van der Waals surface area (Å²) in [6, 6.07) is 1.60. The molecule has 2 heteroatoms. The van der Waals surface area contributed by atoms with Crippen LogP contribution in [-0.2, 0) is 0 Å². The molecule has 2 aliphatic carbocycles. The van der Waals surface area contributed by atoms with Gasteiger partial charge in [0.2, 0.25) is 0 Å². The summed E-state index contributed by atoms with van der Waals surface area (Å²) < 4.78 is 0. The standard InChI is InChI=1S/C17H32N2/c1-14-10-17(18-16-8-3-2-4-9-16)13-19(11-14)12-15-6-5-7-15/h14-18H,2-13H2,1H3. The van der Waals surface area contributed by atoms with Crippen LogP contribution in [0.1, 0.15) is 64.7 Å². The van der Waals surface area contributed by atoms with E-state index < -0.39 is 0 Å². The fraction of sp³-hybridized carbons (Fsp3) is 1.00. The van der Waals surface area contributed by atoms with E-state index in [1.807, 2.05) is 0 Å². The summed E-state index contributed by atoms with van der Waals surface area (Å²) in [5.41, 5.74) is 0. The van der Waals surface area contributed by atoms with Crippen LogP contribution >= 0.6 is 0 Å². The number of piperidine rings is 1. The normalized spacial score (nSPS) is 35.2. The Bertz CT molecular complexity index is 268. The highest BCUT2D eigenvalue weighted by Gasteiger charge is 2.29. The van der Waals surface area contributed by atoms with E-state index in [0.717, 1.165) is 23.9 Å². The Morgan fingerprint density at radius 1 is 0.895 bits per heavy atom. The van der Waals surface area contributed by atoms with E-state index in [0.29, 0.717) is 0 Å². The molecular weight excluding hydrogens is 232 g/mol. The molecule has 3 rings (SSSR count). The highest BCUT2D eigenvalue weighted by atomic mass is 15.2. The Hall–Kier alpha value is -0.0800. The molecule has 2 nitrogen and oxygen atoms in total. The summed E-state index contributed by atoms with van der Waals surface area (Å²) in [5.74, 6) is 1.91. The first-order valence-corrected chi connectivity index (χ1v) is 8.78. The zero-order chi connectivity index (χ0) is 13.1. The molecule has 2 atom stereocenters. The minimum Gasteiger partial charge on any atom is -0.310 e. The number of hydrogen-bond donors (Lipinski definition) is 1. The molecule has 0 spiro atoms. The zero-order valence-electron chi connectivity index (χ0n) is 12.7. The average molecular weight is 264 g/mol. The lowest BCUT2D eigenvalue weighted by Crippen LogP contribution is -2.53. The van der Waals surface area contributed by atoms with Gasteiger partial charge in [0.1, 0.15) is 0 Å². The Labute approximate surface area is 119 Å². The molecule has 3 fully saturated rings. The van der Waals surface area contributed by atoms with Gasteiger partial charge in [-0.15, -0.1) is 0 Å². The van der Waals surface area contributed by atoms with E-state index in [9.17, 15) is 0 Å². The van der Waals surface area contributed by atoms with Crippen LogP contribution in [-0.4, -0.2) is 36.6 Å². The Kier molecular flexibility index (Phi) is 4.81. The van der Waals surface area contributed by atoms with Crippen LogP contribution in [0.2, 0.25) is 0 Å². The van der Waals surface area contributed by atoms with Crippen LogP contribution in [0.25, 0.3) is 0 Å². The van der Waals surface area contributed by atoms with Crippen molar-refractivity contribution >= 4 is 0 Å². The maximum absolute atomic E-state index is 3.99. The number of likely N-dealkylation sites (tertiary alicyclic amines) is 1. The van der Waals surface area contributed by atoms with Crippen molar-refractivity contribution in [1.29, 1.82) is 0 Å². The predicted octanol–water partition coefficient (Wildman–Crippen LogP) is 3.42. The quantitative estimate of drug-likeness (QED) is 0.837. The predicted molar refractivity (Wildman–Crippen MR) is 81.4 cm³/mol. The molecule has 1 aliphatic heterocycles. The largest absolute Gasteiger partial charge is 0.310 e. The van der Waals surface area contributed by atoms with Gasteiger partial charge < -0.3 is 10.2 Å². The smallest absolute Gasteiger partial charge is 0.0200 e. The number of hydrogen-bond acceptors (Lipinski definition) is 2. The van der Waals surface area contributed by atoms with Crippen LogP contribution in [0.5, 0.6) is 0 Å². The Morgan fingerprint density at radius 2 is 1.68 bits per heavy atom. The van der Waals surface area contributed by atoms with Crippen molar-refractivity contribution < 1.29 is 0 Å². The van der Waals surface area contributed by atoms with E-state index in [4.69, 9.17) is 0 Å². The minimum absolute atomic E-state index is 0.770. The van der Waals surface area contributed by atoms with Gasteiger partial charge in [0.05, 0.1) is 0 Å². The van der Waals surface area contributed by atoms with E-state index in [-0.39, 0.29) is 0 Å². The van der Waals surface area contributed by atoms with E-state index >= 15 is 0 Å². The average Bonchev–Trinajstić information content (AvgIpc) is 2.34. The van der Waals surface area contributed by atoms with Gasteiger partial charge in [-0.2, -0.15) is 0 Å². The van der Waals surface area contributed by atoms with Crippen molar-refractivity contribution in [2.75, 3.05) is 19.6 Å². The molecule has 2 saturated carbocycles. The molecule has 3 aliphatic rings. The molecule has 1 heterocycles. The van der Waals surface area contributed by atoms with Crippen molar-refractivity contribution in [3.05, 3.63) is 0 Å². The lowest BCUT2D eigenvalue weighted by Gasteiger charge is -2.41. The van der Waals surface area contributed by atoms with Crippen molar-refractivity contribution in [1.82, 2.24) is 10.2 Å². The van der Waals surface area contributed by atoms with Gasteiger partial charge in [-0.1, -0.05) is 32.6 Å². The second kappa shape index (κ2) is 6.58. The molecule has 0 amide bonds. The summed E-state index contributed by atoms with van der Waals surface area (Å²) in [4.78, 5) is 2.76. The van der Waals surface area contributed by atoms with Gasteiger partial charge in [0.15, 0.2) is 0 Å². The maximum atomic E-state index is 3.99. The monoisotopic (exact) mass is 264 g/mol. The van der Waals surface area contributed by atoms with Crippen molar-refractivity contribution in [2.24, 2.45) is 11.8 Å². The van der Waals surface area contributed by atoms with Gasteiger partial charge in [-0.25, -0.2) is 0 Å². The van der Waals surface area contributed by atoms with Gasteiger partial charge in [-0.05, 0) is 43.9 Å². The van der Waals surface area contributed by atoms with Crippen LogP contribution < -0.4 is 5.32 Å². The van der Waals surface area contributed by atoms with Crippen molar-refractivity contribution in [2.45, 2.75) is 76.8 Å². The van der Waals surface area contributed by atoms with Crippen LogP contribution in [0.15, 0.2) is 0 Å². The summed E-state index contributed by atoms with van der Waals surface area (Å²) >= 11 is 0. The van der Waals surface area contributed by atoms with Crippen LogP contribution in [0.3, 0.4) is 0 Å². The molecule has 19 heavy (non-hydrogen) atoms. The summed E-state index contributed by atoms with van der Waals surface area (Å²) in [6.45, 7) is 6.49. The second-order valence-corrected chi connectivity index (χ2v) is 7.55. The first kappa shape index (κ1) is 13.9. The van der Waals surface area contributed by atoms with Gasteiger partial charge in [0, 0.05) is 31.7 Å². The topological polar surface area (TPSA) is 15.3 Å². The van der Waals surface area contributed by atoms with E-state index in [2.05, 4.69) is 17.1 Å². The molecule has 0 bridgehead atoms. The molecule has 0 radical (unpaired) electrons. The van der Waals surface area contributed by atoms with Crippen molar-refractivity contribution in [3.63, 3.8) is 0 Å². The highest BCUT2D eigenvalue weighted by molar-refractivity contribution is 4.87. The van der Waals surface area contributed by atoms with E-state index in [1.165, 1.54) is 77.4 Å². The van der Waals surface area contributed by atoms with Gasteiger partial charge >= 0.3 is 0 Å². The number of nitrogens with one attached hydrogen (secondary N) is 1. The highest BCUT2D eigenvalue weighted by Crippen LogP contribution is 2.29. The fourth-order valence-corrected chi connectivity index (χ4v) is 4.37. The lowest BCUT2D eigenvalue weighted by atomic mass is 9.84. The first-order chi connectivity index (χ1) is 9.29. The zero-order valence-corrected chi connectivity index (χ0v) is 12.7. The first-order valence-electron chi connectivity index (χ1n) is 8.78. The summed E-state index contributed by atoms with van der Waals surface area (Å²) in [5, 5.41) is 3.99. The van der Waals surface area contributed by atoms with Crippen LogP contribution in [0, 0.1) is 11.8 Å². The van der Waals surface area contributed by atoms with Gasteiger partial charge in [0.25, 0.3) is 0 Å². The Morgan fingerprint density at radius 3 is 2.37 bits per heavy atom. The summed E-state index contributed by atoms with van der Waals surface area (Å²) in [7, 11) is 0. The molecule has 1 N–H and O–H groups in total. The fourth-order valence-electron chi connectivity index (χ4n) is 4.37. The Balaban J connectivity index is 1.46. The third kappa shape index (κ3) is 3.95. The molecular formula is C17H32N2. The molecule has 1 saturated heterocycles. The van der Waals surface area contributed by atoms with Crippen LogP contribution in [0.4, 0.5) is 0 Å². The van der Waals surface area contributed by atoms with Gasteiger partial charge in [-0.3, -0.25) is 0 Å². The molecule has 0 aromatic heterocycles. The summed E-state index contributed by atoms with van der Waals surface area (Å²) in [6.07, 6.45) is 13.1.